The number of ether oxygens (including phenoxy) is 7. The molecule has 14 atom stereocenters. The van der Waals surface area contributed by atoms with Gasteiger partial charge in [0.1, 0.15) is 35.9 Å². The number of esters is 2. The molecule has 0 spiro atoms. The molecular formula is C45H64N2O11. The first-order valence-corrected chi connectivity index (χ1v) is 21.0. The van der Waals surface area contributed by atoms with Crippen LogP contribution >= 0.6 is 0 Å². The minimum absolute atomic E-state index is 0.0374. The number of pyridine rings is 1. The Balaban J connectivity index is 1.41. The first kappa shape index (κ1) is 44.1. The lowest BCUT2D eigenvalue weighted by molar-refractivity contribution is -0.302. The highest BCUT2D eigenvalue weighted by Crippen LogP contribution is 2.46. The van der Waals surface area contributed by atoms with Gasteiger partial charge in [0.25, 0.3) is 0 Å². The number of para-hydroxylation sites is 1. The molecule has 5 heterocycles. The van der Waals surface area contributed by atoms with Crippen LogP contribution in [0.5, 0.6) is 5.75 Å². The Morgan fingerprint density at radius 2 is 1.76 bits per heavy atom. The van der Waals surface area contributed by atoms with E-state index in [-0.39, 0.29) is 50.6 Å². The lowest BCUT2D eigenvalue weighted by atomic mass is 9.70. The molecule has 4 aliphatic rings. The zero-order valence-electron chi connectivity index (χ0n) is 35.8. The Bertz CT molecular complexity index is 1810. The minimum Gasteiger partial charge on any atom is -0.489 e. The topological polar surface area (TPSA) is 152 Å². The van der Waals surface area contributed by atoms with Crippen molar-refractivity contribution in [2.45, 2.75) is 135 Å². The molecule has 0 saturated carbocycles. The lowest BCUT2D eigenvalue weighted by Crippen LogP contribution is -2.60. The number of fused-ring (bicyclic) bond motifs is 5. The van der Waals surface area contributed by atoms with E-state index >= 15 is 0 Å². The van der Waals surface area contributed by atoms with Gasteiger partial charge in [0.15, 0.2) is 6.29 Å². The number of carbonyl (C=O) groups is 3. The summed E-state index contributed by atoms with van der Waals surface area (Å²) in [6.45, 7) is 15.4. The quantitative estimate of drug-likeness (QED) is 0.270. The lowest BCUT2D eigenvalue weighted by Gasteiger charge is -2.48. The summed E-state index contributed by atoms with van der Waals surface area (Å²) in [7, 11) is 3.83. The maximum atomic E-state index is 14.6. The van der Waals surface area contributed by atoms with E-state index in [9.17, 15) is 19.5 Å². The molecule has 0 radical (unpaired) electrons. The molecule has 0 unspecified atom stereocenters. The molecule has 1 aromatic carbocycles. The van der Waals surface area contributed by atoms with Gasteiger partial charge in [-0.25, -0.2) is 0 Å². The summed E-state index contributed by atoms with van der Waals surface area (Å²) in [5.41, 5.74) is -0.784. The van der Waals surface area contributed by atoms with Gasteiger partial charge in [-0.3, -0.25) is 19.4 Å². The van der Waals surface area contributed by atoms with Gasteiger partial charge in [-0.15, -0.1) is 0 Å². The molecule has 1 aromatic heterocycles. The highest BCUT2D eigenvalue weighted by molar-refractivity contribution is 5.85. The van der Waals surface area contributed by atoms with E-state index in [0.29, 0.717) is 18.6 Å². The minimum atomic E-state index is -1.20. The number of carbonyl (C=O) groups excluding carboxylic acids is 3. The average Bonchev–Trinajstić information content (AvgIpc) is 3.52. The van der Waals surface area contributed by atoms with Crippen LogP contribution in [0, 0.1) is 29.6 Å². The number of ketones is 1. The molecule has 6 rings (SSSR count). The predicted octanol–water partition coefficient (Wildman–Crippen LogP) is 5.69. The normalized spacial score (nSPS) is 40.0. The zero-order valence-corrected chi connectivity index (χ0v) is 35.8. The van der Waals surface area contributed by atoms with E-state index in [1.807, 2.05) is 96.9 Å². The Morgan fingerprint density at radius 3 is 2.48 bits per heavy atom. The van der Waals surface area contributed by atoms with Crippen LogP contribution in [0.15, 0.2) is 48.2 Å². The number of likely N-dealkylation sites (N-methyl/N-ethyl adjacent to an activating group) is 1. The summed E-state index contributed by atoms with van der Waals surface area (Å²) in [5.74, 6) is -3.36. The molecule has 13 heteroatoms. The van der Waals surface area contributed by atoms with Crippen LogP contribution in [-0.2, 0) is 42.8 Å². The molecule has 4 aliphatic heterocycles. The maximum Gasteiger partial charge on any atom is 0.311 e. The van der Waals surface area contributed by atoms with E-state index < -0.39 is 83.4 Å². The summed E-state index contributed by atoms with van der Waals surface area (Å²) in [4.78, 5) is 48.3. The second kappa shape index (κ2) is 18.0. The highest BCUT2D eigenvalue weighted by atomic mass is 16.7. The molecule has 320 valence electrons. The zero-order chi connectivity index (χ0) is 42.1. The molecule has 1 N–H and O–H groups in total. The Kier molecular flexibility index (Phi) is 13.7. The SMILES string of the molecule is CC[C@H]1OC(=O)[C@H](C)[C@H]2OCC(=CCOc3ccnc4ccccc34)CO[C@](C)(C[C@@H](C)C(=O)[C@H](C)[C@@H]3CC(=O)O[C@]13C)[C@H](O[C@@H]1O[C@H](C)C[C@H](N(C)C)[C@H]1O)[C@H]2C. The van der Waals surface area contributed by atoms with E-state index in [2.05, 4.69) is 4.98 Å². The number of Topliss-reactive ketones (excluding diaryl/α,β-unsaturated/α-hetero) is 1. The molecule has 0 amide bonds. The van der Waals surface area contributed by atoms with Gasteiger partial charge in [0.05, 0.1) is 55.0 Å². The van der Waals surface area contributed by atoms with Gasteiger partial charge in [0, 0.05) is 41.3 Å². The van der Waals surface area contributed by atoms with E-state index in [0.717, 1.165) is 16.5 Å². The van der Waals surface area contributed by atoms with E-state index in [4.69, 9.17) is 33.2 Å². The van der Waals surface area contributed by atoms with E-state index in [1.54, 1.807) is 20.0 Å². The first-order valence-electron chi connectivity index (χ1n) is 21.0. The van der Waals surface area contributed by atoms with Crippen LogP contribution in [-0.4, -0.2) is 121 Å². The van der Waals surface area contributed by atoms with Crippen molar-refractivity contribution in [3.05, 3.63) is 48.2 Å². The first-order chi connectivity index (χ1) is 27.5. The summed E-state index contributed by atoms with van der Waals surface area (Å²) < 4.78 is 45.6. The smallest absolute Gasteiger partial charge is 0.311 e. The Morgan fingerprint density at radius 1 is 1.02 bits per heavy atom. The number of cyclic esters (lactones) is 1. The van der Waals surface area contributed by atoms with Crippen molar-refractivity contribution in [1.29, 1.82) is 0 Å². The number of benzene rings is 1. The van der Waals surface area contributed by atoms with Crippen molar-refractivity contribution >= 4 is 28.6 Å². The predicted molar refractivity (Wildman–Crippen MR) is 216 cm³/mol. The monoisotopic (exact) mass is 808 g/mol. The number of hydrogen-bond donors (Lipinski definition) is 1. The Hall–Kier alpha value is -3.46. The fourth-order valence-corrected chi connectivity index (χ4v) is 9.93. The van der Waals surface area contributed by atoms with Gasteiger partial charge in [0.2, 0.25) is 0 Å². The maximum absolute atomic E-state index is 14.6. The third kappa shape index (κ3) is 9.00. The summed E-state index contributed by atoms with van der Waals surface area (Å²) >= 11 is 0. The van der Waals surface area contributed by atoms with Gasteiger partial charge >= 0.3 is 11.9 Å². The van der Waals surface area contributed by atoms with Crippen LogP contribution in [0.25, 0.3) is 10.9 Å². The Labute approximate surface area is 343 Å². The molecule has 58 heavy (non-hydrogen) atoms. The number of nitrogens with zero attached hydrogens (tertiary/aromatic N) is 2. The van der Waals surface area contributed by atoms with Gasteiger partial charge in [-0.2, -0.15) is 0 Å². The molecule has 2 bridgehead atoms. The molecule has 4 saturated heterocycles. The number of aliphatic hydroxyl groups is 1. The molecule has 2 aromatic rings. The van der Waals surface area contributed by atoms with Crippen molar-refractivity contribution in [3.63, 3.8) is 0 Å². The second-order valence-electron chi connectivity index (χ2n) is 17.8. The fourth-order valence-electron chi connectivity index (χ4n) is 9.93. The second-order valence-corrected chi connectivity index (χ2v) is 17.8. The third-order valence-corrected chi connectivity index (χ3v) is 13.3. The summed E-state index contributed by atoms with van der Waals surface area (Å²) in [5, 5.41) is 12.6. The van der Waals surface area contributed by atoms with Crippen molar-refractivity contribution < 1.29 is 52.6 Å². The van der Waals surface area contributed by atoms with Crippen LogP contribution in [0.3, 0.4) is 0 Å². The van der Waals surface area contributed by atoms with Crippen LogP contribution < -0.4 is 4.74 Å². The molecule has 4 fully saturated rings. The van der Waals surface area contributed by atoms with Crippen LogP contribution in [0.2, 0.25) is 0 Å². The third-order valence-electron chi connectivity index (χ3n) is 13.3. The van der Waals surface area contributed by atoms with Crippen molar-refractivity contribution in [3.8, 4) is 5.75 Å². The van der Waals surface area contributed by atoms with Crippen molar-refractivity contribution in [2.75, 3.05) is 33.9 Å². The van der Waals surface area contributed by atoms with Gasteiger partial charge in [-0.1, -0.05) is 39.8 Å². The van der Waals surface area contributed by atoms with Gasteiger partial charge < -0.3 is 43.2 Å². The van der Waals surface area contributed by atoms with Crippen LogP contribution in [0.1, 0.15) is 81.1 Å². The standard InChI is InChI=1S/C45H64N2O11/c1-11-36-45(8)32(21-37(48)58-45)27(4)38(49)25(2)22-44(7)41(57-43-39(50)34(47(9)10)20-26(3)55-43)28(5)40(29(6)42(51)56-36)53-23-30(24-54-44)17-19-52-35-16-18-46-33-15-13-12-14-31(33)35/h12-18,25-29,32,34,36,39-41,43,50H,11,19-24H2,1-10H3/t25-,26-,27-,28+,29-,32+,34+,36-,39-,40+,41-,43+,44-,45+/m1/s1. The number of hydrogen-bond acceptors (Lipinski definition) is 13. The number of rotatable bonds is 7. The van der Waals surface area contributed by atoms with Crippen molar-refractivity contribution in [1.82, 2.24) is 9.88 Å². The van der Waals surface area contributed by atoms with Crippen molar-refractivity contribution in [2.24, 2.45) is 29.6 Å². The summed E-state index contributed by atoms with van der Waals surface area (Å²) in [6, 6.07) is 9.36. The van der Waals surface area contributed by atoms with Gasteiger partial charge in [-0.05, 0) is 90.9 Å². The molecular weight excluding hydrogens is 744 g/mol. The van der Waals surface area contributed by atoms with E-state index in [1.165, 1.54) is 0 Å². The molecule has 13 nitrogen and oxygen atoms in total. The summed E-state index contributed by atoms with van der Waals surface area (Å²) in [6.07, 6.45) is 0.209. The number of aromatic nitrogens is 1. The highest BCUT2D eigenvalue weighted by Gasteiger charge is 2.57. The molecule has 0 aliphatic carbocycles. The fraction of sp³-hybridized carbons (Fsp3) is 0.689. The van der Waals surface area contributed by atoms with Crippen LogP contribution in [0.4, 0.5) is 0 Å². The average molecular weight is 809 g/mol. The largest absolute Gasteiger partial charge is 0.489 e. The number of aliphatic hydroxyl groups excluding tert-OH is 1.